The van der Waals surface area contributed by atoms with Crippen LogP contribution in [0.25, 0.3) is 0 Å². The van der Waals surface area contributed by atoms with Gasteiger partial charge < -0.3 is 9.64 Å². The summed E-state index contributed by atoms with van der Waals surface area (Å²) in [6.45, 7) is 0.493. The van der Waals surface area contributed by atoms with Gasteiger partial charge in [-0.2, -0.15) is 0 Å². The van der Waals surface area contributed by atoms with Gasteiger partial charge in [-0.05, 0) is 36.6 Å². The fraction of sp³-hybridized carbons (Fsp3) is 0.294. The number of rotatable bonds is 7. The number of non-ortho nitro benzene ring substituents is 1. The van der Waals surface area contributed by atoms with Crippen molar-refractivity contribution in [2.75, 3.05) is 12.0 Å². The van der Waals surface area contributed by atoms with Crippen LogP contribution in [0.4, 0.5) is 17.1 Å². The molecule has 0 amide bonds. The summed E-state index contributed by atoms with van der Waals surface area (Å²) in [5.41, 5.74) is 0.875. The first-order valence-corrected chi connectivity index (χ1v) is 7.82. The van der Waals surface area contributed by atoms with E-state index in [9.17, 15) is 20.2 Å². The second-order valence-corrected chi connectivity index (χ2v) is 5.89. The van der Waals surface area contributed by atoms with Gasteiger partial charge in [0.2, 0.25) is 0 Å². The van der Waals surface area contributed by atoms with Crippen LogP contribution in [0, 0.1) is 20.2 Å². The van der Waals surface area contributed by atoms with Crippen molar-refractivity contribution in [3.05, 3.63) is 68.3 Å². The first-order chi connectivity index (χ1) is 12.0. The minimum Gasteiger partial charge on any atom is -0.497 e. The monoisotopic (exact) mass is 343 g/mol. The second kappa shape index (κ2) is 6.76. The molecular weight excluding hydrogens is 326 g/mol. The van der Waals surface area contributed by atoms with Crippen LogP contribution in [0.5, 0.6) is 5.75 Å². The van der Waals surface area contributed by atoms with Crippen LogP contribution in [0.1, 0.15) is 18.4 Å². The van der Waals surface area contributed by atoms with Crippen LogP contribution in [-0.4, -0.2) is 23.0 Å². The molecule has 0 atom stereocenters. The van der Waals surface area contributed by atoms with Crippen molar-refractivity contribution in [1.29, 1.82) is 0 Å². The third-order valence-corrected chi connectivity index (χ3v) is 4.18. The highest BCUT2D eigenvalue weighted by atomic mass is 16.6. The molecule has 0 aliphatic heterocycles. The molecule has 1 aliphatic carbocycles. The fourth-order valence-electron chi connectivity index (χ4n) is 2.74. The van der Waals surface area contributed by atoms with Crippen molar-refractivity contribution in [3.63, 3.8) is 0 Å². The molecule has 1 saturated carbocycles. The quantitative estimate of drug-likeness (QED) is 0.562. The van der Waals surface area contributed by atoms with Crippen molar-refractivity contribution < 1.29 is 14.6 Å². The zero-order valence-electron chi connectivity index (χ0n) is 13.6. The summed E-state index contributed by atoms with van der Waals surface area (Å²) in [6.07, 6.45) is 1.90. The molecule has 0 N–H and O–H groups in total. The van der Waals surface area contributed by atoms with Gasteiger partial charge in [-0.3, -0.25) is 20.2 Å². The lowest BCUT2D eigenvalue weighted by Gasteiger charge is -2.24. The maximum Gasteiger partial charge on any atom is 0.299 e. The van der Waals surface area contributed by atoms with Crippen LogP contribution in [0.3, 0.4) is 0 Å². The Bertz CT molecular complexity index is 802. The molecule has 130 valence electrons. The predicted molar refractivity (Wildman–Crippen MR) is 91.9 cm³/mol. The lowest BCUT2D eigenvalue weighted by molar-refractivity contribution is -0.393. The van der Waals surface area contributed by atoms with E-state index in [1.54, 1.807) is 7.11 Å². The van der Waals surface area contributed by atoms with Gasteiger partial charge >= 0.3 is 0 Å². The van der Waals surface area contributed by atoms with E-state index in [4.69, 9.17) is 4.74 Å². The van der Waals surface area contributed by atoms with Crippen LogP contribution >= 0.6 is 0 Å². The van der Waals surface area contributed by atoms with E-state index in [1.165, 1.54) is 12.1 Å². The average Bonchev–Trinajstić information content (AvgIpc) is 3.44. The Morgan fingerprint density at radius 2 is 1.76 bits per heavy atom. The highest BCUT2D eigenvalue weighted by Gasteiger charge is 2.34. The summed E-state index contributed by atoms with van der Waals surface area (Å²) < 4.78 is 5.14. The van der Waals surface area contributed by atoms with Gasteiger partial charge in [-0.1, -0.05) is 12.1 Å². The minimum absolute atomic E-state index is 0.210. The van der Waals surface area contributed by atoms with Gasteiger partial charge in [0.15, 0.2) is 0 Å². The van der Waals surface area contributed by atoms with Gasteiger partial charge in [0.1, 0.15) is 11.4 Å². The lowest BCUT2D eigenvalue weighted by atomic mass is 10.1. The molecule has 8 heteroatoms. The topological polar surface area (TPSA) is 98.8 Å². The standard InChI is InChI=1S/C17H17N3O5/c1-25-15-7-2-12(3-8-15)11-18(13-4-5-13)16-9-6-14(19(21)22)10-17(16)20(23)24/h2-3,6-10,13H,4-5,11H2,1H3. The Balaban J connectivity index is 1.94. The summed E-state index contributed by atoms with van der Waals surface area (Å²) in [5, 5.41) is 22.3. The van der Waals surface area contributed by atoms with E-state index in [1.807, 2.05) is 29.2 Å². The Labute approximate surface area is 143 Å². The molecule has 0 saturated heterocycles. The number of nitro groups is 2. The lowest BCUT2D eigenvalue weighted by Crippen LogP contribution is -2.25. The van der Waals surface area contributed by atoms with Crippen LogP contribution < -0.4 is 9.64 Å². The van der Waals surface area contributed by atoms with E-state index in [2.05, 4.69) is 0 Å². The molecular formula is C17H17N3O5. The van der Waals surface area contributed by atoms with Crippen molar-refractivity contribution in [1.82, 2.24) is 0 Å². The number of methoxy groups -OCH3 is 1. The Morgan fingerprint density at radius 3 is 2.28 bits per heavy atom. The largest absolute Gasteiger partial charge is 0.497 e. The van der Waals surface area contributed by atoms with E-state index in [0.717, 1.165) is 30.2 Å². The van der Waals surface area contributed by atoms with Crippen LogP contribution in [0.15, 0.2) is 42.5 Å². The van der Waals surface area contributed by atoms with E-state index >= 15 is 0 Å². The second-order valence-electron chi connectivity index (χ2n) is 5.89. The molecule has 3 rings (SSSR count). The highest BCUT2D eigenvalue weighted by molar-refractivity contribution is 5.68. The molecule has 1 aliphatic rings. The van der Waals surface area contributed by atoms with Gasteiger partial charge in [-0.15, -0.1) is 0 Å². The molecule has 1 fully saturated rings. The maximum absolute atomic E-state index is 11.4. The van der Waals surface area contributed by atoms with Gasteiger partial charge in [0.25, 0.3) is 11.4 Å². The average molecular weight is 343 g/mol. The van der Waals surface area contributed by atoms with Gasteiger partial charge in [0, 0.05) is 18.7 Å². The number of hydrogen-bond donors (Lipinski definition) is 0. The number of ether oxygens (including phenoxy) is 1. The molecule has 0 unspecified atom stereocenters. The number of benzene rings is 2. The fourth-order valence-corrected chi connectivity index (χ4v) is 2.74. The molecule has 0 spiro atoms. The zero-order valence-corrected chi connectivity index (χ0v) is 13.6. The normalized spacial score (nSPS) is 13.3. The minimum atomic E-state index is -0.623. The SMILES string of the molecule is COc1ccc(CN(c2ccc([N+](=O)[O-])cc2[N+](=O)[O-])C2CC2)cc1. The molecule has 0 bridgehead atoms. The molecule has 25 heavy (non-hydrogen) atoms. The number of hydrogen-bond acceptors (Lipinski definition) is 6. The molecule has 2 aromatic carbocycles. The third kappa shape index (κ3) is 3.68. The van der Waals surface area contributed by atoms with E-state index < -0.39 is 9.85 Å². The highest BCUT2D eigenvalue weighted by Crippen LogP contribution is 2.39. The van der Waals surface area contributed by atoms with Crippen molar-refractivity contribution >= 4 is 17.1 Å². The van der Waals surface area contributed by atoms with Crippen LogP contribution in [-0.2, 0) is 6.54 Å². The molecule has 0 radical (unpaired) electrons. The van der Waals surface area contributed by atoms with E-state index in [-0.39, 0.29) is 17.4 Å². The molecule has 2 aromatic rings. The summed E-state index contributed by atoms with van der Waals surface area (Å²) in [6, 6.07) is 11.5. The molecule has 0 aromatic heterocycles. The van der Waals surface area contributed by atoms with Crippen LogP contribution in [0.2, 0.25) is 0 Å². The smallest absolute Gasteiger partial charge is 0.299 e. The Hall–Kier alpha value is -3.16. The van der Waals surface area contributed by atoms with Crippen molar-refractivity contribution in [2.45, 2.75) is 25.4 Å². The number of nitro benzene ring substituents is 2. The Morgan fingerprint density at radius 1 is 1.08 bits per heavy atom. The molecule has 0 heterocycles. The number of anilines is 1. The maximum atomic E-state index is 11.4. The summed E-state index contributed by atoms with van der Waals surface area (Å²) in [4.78, 5) is 23.1. The first kappa shape index (κ1) is 16.7. The molecule has 8 nitrogen and oxygen atoms in total. The first-order valence-electron chi connectivity index (χ1n) is 7.82. The predicted octanol–water partition coefficient (Wildman–Crippen LogP) is 3.68. The van der Waals surface area contributed by atoms with Gasteiger partial charge in [-0.25, -0.2) is 0 Å². The van der Waals surface area contributed by atoms with E-state index in [0.29, 0.717) is 12.2 Å². The van der Waals surface area contributed by atoms with Crippen molar-refractivity contribution in [2.24, 2.45) is 0 Å². The third-order valence-electron chi connectivity index (χ3n) is 4.18. The summed E-state index contributed by atoms with van der Waals surface area (Å²) >= 11 is 0. The summed E-state index contributed by atoms with van der Waals surface area (Å²) in [7, 11) is 1.59. The summed E-state index contributed by atoms with van der Waals surface area (Å²) in [5.74, 6) is 0.739. The number of nitrogens with zero attached hydrogens (tertiary/aromatic N) is 3. The Kier molecular flexibility index (Phi) is 4.51. The van der Waals surface area contributed by atoms with Gasteiger partial charge in [0.05, 0.1) is 23.0 Å². The zero-order chi connectivity index (χ0) is 18.0. The van der Waals surface area contributed by atoms with Crippen molar-refractivity contribution in [3.8, 4) is 5.75 Å².